The molecule has 0 saturated carbocycles. The lowest BCUT2D eigenvalue weighted by Crippen LogP contribution is -2.62. The number of anilines is 1. The summed E-state index contributed by atoms with van der Waals surface area (Å²) in [6.07, 6.45) is -3.16. The minimum atomic E-state index is -5.45. The second-order valence-electron chi connectivity index (χ2n) is 6.91. The molecule has 4 rings (SSSR count). The van der Waals surface area contributed by atoms with Crippen molar-refractivity contribution >= 4 is 17.6 Å². The maximum atomic E-state index is 14.4. The standard InChI is InChI=1S/C20H14F3N5O5/c1-33-12-6-4-11(5-7-12)28-14-13(16(30)26-18(28)32)19(17(31)25-14,20(21,22)23)27-15(29)10-3-2-8-24-9-10/h2-9H,1H3,(H,25,31)(H,27,29)(H,26,30,32)/t19-/m1/s1. The summed E-state index contributed by atoms with van der Waals surface area (Å²) in [4.78, 5) is 55.9. The van der Waals surface area contributed by atoms with Gasteiger partial charge in [0.05, 0.1) is 18.4 Å². The van der Waals surface area contributed by atoms with Gasteiger partial charge in [0, 0.05) is 12.4 Å². The maximum absolute atomic E-state index is 14.4. The number of nitrogens with one attached hydrogen (secondary N) is 3. The first kappa shape index (κ1) is 21.8. The van der Waals surface area contributed by atoms with Crippen LogP contribution in [0.5, 0.6) is 5.75 Å². The van der Waals surface area contributed by atoms with Crippen molar-refractivity contribution in [1.82, 2.24) is 19.9 Å². The maximum Gasteiger partial charge on any atom is 0.425 e. The summed E-state index contributed by atoms with van der Waals surface area (Å²) in [5.41, 5.74) is -7.76. The van der Waals surface area contributed by atoms with E-state index in [4.69, 9.17) is 4.74 Å². The molecule has 0 saturated heterocycles. The Morgan fingerprint density at radius 1 is 1.15 bits per heavy atom. The molecule has 170 valence electrons. The normalized spacial score (nSPS) is 17.3. The Balaban J connectivity index is 1.96. The molecule has 13 heteroatoms. The van der Waals surface area contributed by atoms with Crippen molar-refractivity contribution in [2.75, 3.05) is 12.4 Å². The molecule has 33 heavy (non-hydrogen) atoms. The number of aromatic amines is 1. The van der Waals surface area contributed by atoms with Gasteiger partial charge in [0.15, 0.2) is 0 Å². The highest BCUT2D eigenvalue weighted by atomic mass is 19.4. The van der Waals surface area contributed by atoms with Crippen molar-refractivity contribution in [2.45, 2.75) is 11.7 Å². The van der Waals surface area contributed by atoms with Gasteiger partial charge in [0.25, 0.3) is 22.9 Å². The molecule has 0 aliphatic carbocycles. The lowest BCUT2D eigenvalue weighted by Gasteiger charge is -2.30. The molecular formula is C20H14F3N5O5. The predicted molar refractivity (Wildman–Crippen MR) is 107 cm³/mol. The number of halogens is 3. The fraction of sp³-hybridized carbons (Fsp3) is 0.150. The molecule has 0 bridgehead atoms. The summed E-state index contributed by atoms with van der Waals surface area (Å²) in [5, 5.41) is 3.59. The molecule has 1 aliphatic rings. The van der Waals surface area contributed by atoms with Crippen LogP contribution >= 0.6 is 0 Å². The Morgan fingerprint density at radius 2 is 1.85 bits per heavy atom. The van der Waals surface area contributed by atoms with Crippen molar-refractivity contribution in [2.24, 2.45) is 0 Å². The number of carbonyl (C=O) groups excluding carboxylic acids is 2. The van der Waals surface area contributed by atoms with E-state index in [0.29, 0.717) is 10.3 Å². The minimum absolute atomic E-state index is 0.0326. The van der Waals surface area contributed by atoms with Crippen molar-refractivity contribution < 1.29 is 27.5 Å². The van der Waals surface area contributed by atoms with Gasteiger partial charge in [-0.05, 0) is 36.4 Å². The van der Waals surface area contributed by atoms with E-state index in [-0.39, 0.29) is 11.3 Å². The van der Waals surface area contributed by atoms with E-state index in [1.165, 1.54) is 49.7 Å². The lowest BCUT2D eigenvalue weighted by atomic mass is 9.91. The fourth-order valence-corrected chi connectivity index (χ4v) is 3.50. The summed E-state index contributed by atoms with van der Waals surface area (Å²) >= 11 is 0. The van der Waals surface area contributed by atoms with Crippen molar-refractivity contribution in [1.29, 1.82) is 0 Å². The number of hydrogen-bond donors (Lipinski definition) is 3. The van der Waals surface area contributed by atoms with E-state index in [1.54, 1.807) is 10.3 Å². The molecule has 2 aromatic heterocycles. The molecule has 0 radical (unpaired) electrons. The Hall–Kier alpha value is -4.42. The highest BCUT2D eigenvalue weighted by Crippen LogP contribution is 2.45. The predicted octanol–water partition coefficient (Wildman–Crippen LogP) is 1.07. The fourth-order valence-electron chi connectivity index (χ4n) is 3.50. The molecule has 3 heterocycles. The van der Waals surface area contributed by atoms with Gasteiger partial charge in [-0.2, -0.15) is 13.2 Å². The van der Waals surface area contributed by atoms with E-state index in [1.807, 2.05) is 5.32 Å². The Labute approximate surface area is 182 Å². The Morgan fingerprint density at radius 3 is 2.42 bits per heavy atom. The van der Waals surface area contributed by atoms with Crippen LogP contribution in [0.4, 0.5) is 19.0 Å². The Kier molecular flexibility index (Phi) is 5.03. The first-order chi connectivity index (χ1) is 15.6. The quantitative estimate of drug-likeness (QED) is 0.532. The SMILES string of the molecule is COc1ccc(-n2c3c(c(=O)[nH]c2=O)[C@](NC(=O)c2cccnc2)(C(F)(F)F)C(=O)N3)cc1. The van der Waals surface area contributed by atoms with Gasteiger partial charge in [-0.3, -0.25) is 24.4 Å². The number of amides is 2. The first-order valence-corrected chi connectivity index (χ1v) is 9.25. The monoisotopic (exact) mass is 461 g/mol. The number of methoxy groups -OCH3 is 1. The number of pyridine rings is 1. The largest absolute Gasteiger partial charge is 0.497 e. The van der Waals surface area contributed by atoms with Crippen LogP contribution in [-0.4, -0.2) is 39.6 Å². The van der Waals surface area contributed by atoms with Gasteiger partial charge in [-0.1, -0.05) is 0 Å². The third-order valence-electron chi connectivity index (χ3n) is 5.04. The van der Waals surface area contributed by atoms with Crippen LogP contribution in [-0.2, 0) is 10.3 Å². The molecule has 3 N–H and O–H groups in total. The summed E-state index contributed by atoms with van der Waals surface area (Å²) in [6, 6.07) is 8.03. The van der Waals surface area contributed by atoms with Crippen molar-refractivity contribution in [3.8, 4) is 11.4 Å². The number of carbonyl (C=O) groups is 2. The molecule has 1 atom stereocenters. The Bertz CT molecular complexity index is 1370. The highest BCUT2D eigenvalue weighted by Gasteiger charge is 2.68. The lowest BCUT2D eigenvalue weighted by molar-refractivity contribution is -0.196. The summed E-state index contributed by atoms with van der Waals surface area (Å²) < 4.78 is 48.9. The summed E-state index contributed by atoms with van der Waals surface area (Å²) in [7, 11) is 1.39. The molecule has 0 fully saturated rings. The van der Waals surface area contributed by atoms with Gasteiger partial charge in [-0.15, -0.1) is 0 Å². The number of fused-ring (bicyclic) bond motifs is 1. The topological polar surface area (TPSA) is 135 Å². The van der Waals surface area contributed by atoms with Crippen LogP contribution in [0.15, 0.2) is 58.4 Å². The molecule has 1 aromatic carbocycles. The zero-order chi connectivity index (χ0) is 24.0. The van der Waals surface area contributed by atoms with Gasteiger partial charge in [0.1, 0.15) is 17.1 Å². The molecule has 0 spiro atoms. The van der Waals surface area contributed by atoms with Gasteiger partial charge >= 0.3 is 11.9 Å². The number of aromatic nitrogens is 3. The van der Waals surface area contributed by atoms with E-state index < -0.39 is 46.2 Å². The van der Waals surface area contributed by atoms with Crippen LogP contribution in [0.2, 0.25) is 0 Å². The van der Waals surface area contributed by atoms with Crippen molar-refractivity contribution in [3.05, 3.63) is 80.8 Å². The third-order valence-corrected chi connectivity index (χ3v) is 5.04. The average Bonchev–Trinajstić information content (AvgIpc) is 3.07. The molecular weight excluding hydrogens is 447 g/mol. The smallest absolute Gasteiger partial charge is 0.425 e. The molecule has 2 amide bonds. The molecule has 10 nitrogen and oxygen atoms in total. The number of benzene rings is 1. The molecule has 0 unspecified atom stereocenters. The zero-order valence-corrected chi connectivity index (χ0v) is 16.7. The third kappa shape index (κ3) is 3.33. The van der Waals surface area contributed by atoms with Crippen LogP contribution in [0.25, 0.3) is 5.69 Å². The number of hydrogen-bond acceptors (Lipinski definition) is 6. The summed E-state index contributed by atoms with van der Waals surface area (Å²) in [5.74, 6) is -3.38. The average molecular weight is 461 g/mol. The van der Waals surface area contributed by atoms with E-state index in [0.717, 1.165) is 6.20 Å². The zero-order valence-electron chi connectivity index (χ0n) is 16.7. The molecule has 3 aromatic rings. The van der Waals surface area contributed by atoms with Crippen LogP contribution < -0.4 is 26.6 Å². The second kappa shape index (κ2) is 7.62. The van der Waals surface area contributed by atoms with Crippen LogP contribution in [0, 0.1) is 0 Å². The van der Waals surface area contributed by atoms with Gasteiger partial charge in [0.2, 0.25) is 0 Å². The van der Waals surface area contributed by atoms with E-state index in [9.17, 15) is 32.3 Å². The number of nitrogens with zero attached hydrogens (tertiary/aromatic N) is 2. The van der Waals surface area contributed by atoms with E-state index >= 15 is 0 Å². The number of rotatable bonds is 4. The number of alkyl halides is 3. The van der Waals surface area contributed by atoms with Gasteiger partial charge in [-0.25, -0.2) is 9.36 Å². The van der Waals surface area contributed by atoms with Crippen LogP contribution in [0.1, 0.15) is 15.9 Å². The second-order valence-corrected chi connectivity index (χ2v) is 6.91. The number of H-pyrrole nitrogens is 1. The van der Waals surface area contributed by atoms with Crippen LogP contribution in [0.3, 0.4) is 0 Å². The van der Waals surface area contributed by atoms with Crippen molar-refractivity contribution in [3.63, 3.8) is 0 Å². The van der Waals surface area contributed by atoms with Gasteiger partial charge < -0.3 is 15.4 Å². The molecule has 1 aliphatic heterocycles. The summed E-state index contributed by atoms with van der Waals surface area (Å²) in [6.45, 7) is 0. The van der Waals surface area contributed by atoms with E-state index in [2.05, 4.69) is 4.98 Å². The first-order valence-electron chi connectivity index (χ1n) is 9.25. The number of ether oxygens (including phenoxy) is 1. The minimum Gasteiger partial charge on any atom is -0.497 e. The highest BCUT2D eigenvalue weighted by molar-refractivity contribution is 6.09.